The fraction of sp³-hybridized carbons (Fsp3) is 0.100. The van der Waals surface area contributed by atoms with Crippen LogP contribution < -0.4 is 21.5 Å². The maximum atomic E-state index is 11.5. The Balaban J connectivity index is 2.76. The Kier molecular flexibility index (Phi) is 5.13. The number of anilines is 1. The van der Waals surface area contributed by atoms with Crippen LogP contribution >= 0.6 is 12.2 Å². The Labute approximate surface area is 120 Å². The predicted molar refractivity (Wildman–Crippen MR) is 76.2 cm³/mol. The van der Waals surface area contributed by atoms with Crippen molar-refractivity contribution in [1.29, 1.82) is 0 Å². The number of amides is 2. The molecule has 0 aliphatic rings. The van der Waals surface area contributed by atoms with Crippen molar-refractivity contribution in [3.63, 3.8) is 0 Å². The zero-order chi connectivity index (χ0) is 15.3. The van der Waals surface area contributed by atoms with Crippen LogP contribution in [-0.4, -0.2) is 31.8 Å². The minimum atomic E-state index is -3.89. The molecule has 0 spiro atoms. The van der Waals surface area contributed by atoms with Crippen LogP contribution in [0.2, 0.25) is 0 Å². The second kappa shape index (κ2) is 6.41. The molecule has 10 heteroatoms. The van der Waals surface area contributed by atoms with Gasteiger partial charge < -0.3 is 16.4 Å². The van der Waals surface area contributed by atoms with Crippen LogP contribution in [0.3, 0.4) is 0 Å². The van der Waals surface area contributed by atoms with Crippen molar-refractivity contribution < 1.29 is 18.0 Å². The van der Waals surface area contributed by atoms with E-state index in [4.69, 9.17) is 10.9 Å². The monoisotopic (exact) mass is 316 g/mol. The van der Waals surface area contributed by atoms with E-state index in [-0.39, 0.29) is 22.1 Å². The Morgan fingerprint density at radius 2 is 1.90 bits per heavy atom. The number of sulfonamides is 1. The third-order valence-electron chi connectivity index (χ3n) is 2.05. The van der Waals surface area contributed by atoms with Crippen molar-refractivity contribution in [1.82, 2.24) is 5.32 Å². The van der Waals surface area contributed by atoms with Gasteiger partial charge in [0.2, 0.25) is 10.0 Å². The van der Waals surface area contributed by atoms with Crippen molar-refractivity contribution in [3.8, 4) is 0 Å². The molecular weight excluding hydrogens is 304 g/mol. The summed E-state index contributed by atoms with van der Waals surface area (Å²) in [6.45, 7) is -0.112. The van der Waals surface area contributed by atoms with Crippen LogP contribution in [0.1, 0.15) is 0 Å². The highest BCUT2D eigenvalue weighted by atomic mass is 32.2. The lowest BCUT2D eigenvalue weighted by molar-refractivity contribution is -0.135. The minimum absolute atomic E-state index is 0.0300. The summed E-state index contributed by atoms with van der Waals surface area (Å²) in [5, 5.41) is 9.36. The van der Waals surface area contributed by atoms with E-state index in [1.54, 1.807) is 0 Å². The van der Waals surface area contributed by atoms with Gasteiger partial charge >= 0.3 is 11.8 Å². The summed E-state index contributed by atoms with van der Waals surface area (Å²) in [6, 6.07) is 5.18. The molecule has 0 heterocycles. The molecular formula is C10H12N4O4S2. The first-order valence-corrected chi connectivity index (χ1v) is 7.16. The number of nitrogens with one attached hydrogen (secondary N) is 2. The highest BCUT2D eigenvalue weighted by Gasteiger charge is 2.15. The quantitative estimate of drug-likeness (QED) is 0.400. The number of rotatable bonds is 4. The van der Waals surface area contributed by atoms with E-state index in [0.717, 1.165) is 6.07 Å². The second-order valence-corrected chi connectivity index (χ2v) is 5.76. The fourth-order valence-corrected chi connectivity index (χ4v) is 1.82. The summed E-state index contributed by atoms with van der Waals surface area (Å²) in [7, 11) is -3.89. The van der Waals surface area contributed by atoms with Gasteiger partial charge in [-0.05, 0) is 18.2 Å². The zero-order valence-electron chi connectivity index (χ0n) is 10.1. The molecule has 0 unspecified atom stereocenters. The molecule has 8 nitrogen and oxygen atoms in total. The summed E-state index contributed by atoms with van der Waals surface area (Å²) in [4.78, 5) is 22.7. The average molecular weight is 316 g/mol. The molecule has 0 bridgehead atoms. The molecule has 2 amide bonds. The molecule has 20 heavy (non-hydrogen) atoms. The minimum Gasteiger partial charge on any atom is -0.392 e. The number of hydrogen-bond acceptors (Lipinski definition) is 5. The largest absolute Gasteiger partial charge is 0.392 e. The van der Waals surface area contributed by atoms with Gasteiger partial charge in [-0.15, -0.1) is 0 Å². The number of primary sulfonamides is 1. The van der Waals surface area contributed by atoms with Gasteiger partial charge in [0.1, 0.15) is 0 Å². The third kappa shape index (κ3) is 4.91. The summed E-state index contributed by atoms with van der Waals surface area (Å²) in [5.74, 6) is -1.92. The number of benzene rings is 1. The Bertz CT molecular complexity index is 657. The maximum absolute atomic E-state index is 11.5. The van der Waals surface area contributed by atoms with Crippen molar-refractivity contribution in [2.75, 3.05) is 11.9 Å². The molecule has 0 saturated carbocycles. The molecule has 1 aromatic rings. The SMILES string of the molecule is NC(=S)CNC(=O)C(=O)Nc1cccc(S(N)(=O)=O)c1. The molecule has 108 valence electrons. The molecule has 0 fully saturated rings. The highest BCUT2D eigenvalue weighted by Crippen LogP contribution is 2.13. The van der Waals surface area contributed by atoms with Gasteiger partial charge in [-0.25, -0.2) is 13.6 Å². The van der Waals surface area contributed by atoms with Gasteiger partial charge in [-0.2, -0.15) is 0 Å². The van der Waals surface area contributed by atoms with E-state index in [1.807, 2.05) is 0 Å². The molecule has 0 atom stereocenters. The van der Waals surface area contributed by atoms with Gasteiger partial charge in [0.25, 0.3) is 0 Å². The summed E-state index contributed by atoms with van der Waals surface area (Å²) < 4.78 is 22.3. The van der Waals surface area contributed by atoms with Crippen LogP contribution in [0.5, 0.6) is 0 Å². The second-order valence-electron chi connectivity index (χ2n) is 3.68. The summed E-state index contributed by atoms with van der Waals surface area (Å²) in [5.41, 5.74) is 5.28. The molecule has 0 saturated heterocycles. The molecule has 1 aromatic carbocycles. The highest BCUT2D eigenvalue weighted by molar-refractivity contribution is 7.89. The van der Waals surface area contributed by atoms with Gasteiger partial charge in [-0.1, -0.05) is 18.3 Å². The number of carbonyl (C=O) groups excluding carboxylic acids is 2. The lowest BCUT2D eigenvalue weighted by Crippen LogP contribution is -2.39. The van der Waals surface area contributed by atoms with Gasteiger partial charge in [-0.3, -0.25) is 9.59 Å². The van der Waals surface area contributed by atoms with Crippen molar-refractivity contribution in [2.24, 2.45) is 10.9 Å². The first kappa shape index (κ1) is 16.0. The normalized spacial score (nSPS) is 10.7. The molecule has 1 rings (SSSR count). The van der Waals surface area contributed by atoms with Crippen LogP contribution in [0.15, 0.2) is 29.2 Å². The van der Waals surface area contributed by atoms with E-state index in [0.29, 0.717) is 0 Å². The van der Waals surface area contributed by atoms with Gasteiger partial charge in [0, 0.05) is 5.69 Å². The topological polar surface area (TPSA) is 144 Å². The van der Waals surface area contributed by atoms with E-state index in [2.05, 4.69) is 22.9 Å². The standard InChI is InChI=1S/C10H12N4O4S2/c11-8(19)5-13-9(15)10(16)14-6-2-1-3-7(4-6)20(12,17)18/h1-4H,5H2,(H2,11,19)(H,13,15)(H,14,16)(H2,12,17,18). The number of nitrogens with two attached hydrogens (primary N) is 2. The lowest BCUT2D eigenvalue weighted by atomic mass is 10.3. The van der Waals surface area contributed by atoms with E-state index >= 15 is 0 Å². The van der Waals surface area contributed by atoms with Gasteiger partial charge in [0.05, 0.1) is 16.4 Å². The van der Waals surface area contributed by atoms with E-state index < -0.39 is 21.8 Å². The van der Waals surface area contributed by atoms with Crippen molar-refractivity contribution in [3.05, 3.63) is 24.3 Å². The molecule has 0 aromatic heterocycles. The van der Waals surface area contributed by atoms with Crippen LogP contribution in [0.25, 0.3) is 0 Å². The summed E-state index contributed by atoms with van der Waals surface area (Å²) in [6.07, 6.45) is 0. The fourth-order valence-electron chi connectivity index (χ4n) is 1.19. The number of carbonyl (C=O) groups is 2. The molecule has 6 N–H and O–H groups in total. The van der Waals surface area contributed by atoms with E-state index in [9.17, 15) is 18.0 Å². The Morgan fingerprint density at radius 1 is 1.25 bits per heavy atom. The van der Waals surface area contributed by atoms with Crippen LogP contribution in [-0.2, 0) is 19.6 Å². The molecule has 0 radical (unpaired) electrons. The van der Waals surface area contributed by atoms with Crippen molar-refractivity contribution >= 4 is 44.7 Å². The average Bonchev–Trinajstić information content (AvgIpc) is 2.35. The predicted octanol–water partition coefficient (Wildman–Crippen LogP) is -1.33. The van der Waals surface area contributed by atoms with Crippen LogP contribution in [0.4, 0.5) is 5.69 Å². The summed E-state index contributed by atoms with van der Waals surface area (Å²) >= 11 is 4.54. The van der Waals surface area contributed by atoms with Crippen LogP contribution in [0, 0.1) is 0 Å². The molecule has 0 aliphatic carbocycles. The maximum Gasteiger partial charge on any atom is 0.313 e. The number of thiocarbonyl (C=S) groups is 1. The zero-order valence-corrected chi connectivity index (χ0v) is 11.8. The van der Waals surface area contributed by atoms with Crippen molar-refractivity contribution in [2.45, 2.75) is 4.90 Å². The first-order chi connectivity index (χ1) is 9.20. The Morgan fingerprint density at radius 3 is 2.45 bits per heavy atom. The smallest absolute Gasteiger partial charge is 0.313 e. The lowest BCUT2D eigenvalue weighted by Gasteiger charge is -2.07. The first-order valence-electron chi connectivity index (χ1n) is 5.20. The van der Waals surface area contributed by atoms with Gasteiger partial charge in [0.15, 0.2) is 0 Å². The molecule has 0 aliphatic heterocycles. The Hall–Kier alpha value is -2.04. The number of hydrogen-bond donors (Lipinski definition) is 4. The third-order valence-corrected chi connectivity index (χ3v) is 3.11. The van der Waals surface area contributed by atoms with E-state index in [1.165, 1.54) is 18.2 Å².